The van der Waals surface area contributed by atoms with E-state index in [1.165, 1.54) is 6.42 Å². The monoisotopic (exact) mass is 234 g/mol. The molecule has 0 unspecified atom stereocenters. The predicted octanol–water partition coefficient (Wildman–Crippen LogP) is 2.91. The van der Waals surface area contributed by atoms with E-state index in [0.717, 1.165) is 51.4 Å². The fourth-order valence-corrected chi connectivity index (χ4v) is 3.08. The van der Waals surface area contributed by atoms with E-state index in [-0.39, 0.29) is 11.4 Å². The van der Waals surface area contributed by atoms with E-state index in [4.69, 9.17) is 0 Å². The summed E-state index contributed by atoms with van der Waals surface area (Å²) in [5, 5.41) is 12.5. The Bertz CT molecular complexity index is 327. The van der Waals surface area contributed by atoms with Gasteiger partial charge < -0.3 is 5.32 Å². The Morgan fingerprint density at radius 3 is 2.24 bits per heavy atom. The number of nitriles is 1. The third-order valence-electron chi connectivity index (χ3n) is 4.72. The van der Waals surface area contributed by atoms with E-state index in [1.54, 1.807) is 0 Å². The van der Waals surface area contributed by atoms with E-state index in [0.29, 0.717) is 0 Å². The van der Waals surface area contributed by atoms with Gasteiger partial charge in [-0.1, -0.05) is 26.2 Å². The van der Waals surface area contributed by atoms with Gasteiger partial charge >= 0.3 is 0 Å². The van der Waals surface area contributed by atoms with E-state index >= 15 is 0 Å². The van der Waals surface area contributed by atoms with Crippen LogP contribution in [0.4, 0.5) is 0 Å². The lowest BCUT2D eigenvalue weighted by Gasteiger charge is -2.44. The molecule has 17 heavy (non-hydrogen) atoms. The van der Waals surface area contributed by atoms with Gasteiger partial charge in [0.15, 0.2) is 0 Å². The zero-order valence-corrected chi connectivity index (χ0v) is 10.7. The van der Waals surface area contributed by atoms with Crippen molar-refractivity contribution in [2.24, 2.45) is 5.41 Å². The van der Waals surface area contributed by atoms with Crippen LogP contribution >= 0.6 is 0 Å². The fraction of sp³-hybridized carbons (Fsp3) is 0.857. The molecule has 1 N–H and O–H groups in total. The first-order valence-corrected chi connectivity index (χ1v) is 6.90. The van der Waals surface area contributed by atoms with Crippen LogP contribution in [0.25, 0.3) is 0 Å². The predicted molar refractivity (Wildman–Crippen MR) is 66.1 cm³/mol. The highest BCUT2D eigenvalue weighted by atomic mass is 16.2. The molecule has 2 rings (SSSR count). The second-order valence-electron chi connectivity index (χ2n) is 5.70. The minimum atomic E-state index is -0.726. The van der Waals surface area contributed by atoms with Crippen LogP contribution in [-0.2, 0) is 4.79 Å². The summed E-state index contributed by atoms with van der Waals surface area (Å²) < 4.78 is 0. The standard InChI is InChI=1S/C14H22N2O/c1-2-14(9-6-10-14)16-12(17)13(11-15)7-4-3-5-8-13/h2-10H2,1H3,(H,16,17). The van der Waals surface area contributed by atoms with Gasteiger partial charge in [-0.05, 0) is 38.5 Å². The smallest absolute Gasteiger partial charge is 0.240 e. The molecule has 0 saturated heterocycles. The minimum absolute atomic E-state index is 0.00116. The van der Waals surface area contributed by atoms with Crippen LogP contribution in [0.1, 0.15) is 64.7 Å². The van der Waals surface area contributed by atoms with Gasteiger partial charge in [0.1, 0.15) is 5.41 Å². The molecule has 2 aliphatic rings. The highest BCUT2D eigenvalue weighted by Gasteiger charge is 2.45. The quantitative estimate of drug-likeness (QED) is 0.816. The molecule has 0 aromatic carbocycles. The molecule has 1 amide bonds. The molecular weight excluding hydrogens is 212 g/mol. The van der Waals surface area contributed by atoms with Gasteiger partial charge in [0.2, 0.25) is 5.91 Å². The number of carbonyl (C=O) groups is 1. The molecule has 0 bridgehead atoms. The molecule has 3 nitrogen and oxygen atoms in total. The third kappa shape index (κ3) is 2.18. The number of nitrogens with zero attached hydrogens (tertiary/aromatic N) is 1. The van der Waals surface area contributed by atoms with Crippen molar-refractivity contribution >= 4 is 5.91 Å². The molecular formula is C14H22N2O. The second kappa shape index (κ2) is 4.68. The average Bonchev–Trinajstić information content (AvgIpc) is 2.34. The summed E-state index contributed by atoms with van der Waals surface area (Å²) in [6.07, 6.45) is 9.03. The zero-order valence-electron chi connectivity index (χ0n) is 10.7. The molecule has 94 valence electrons. The van der Waals surface area contributed by atoms with Crippen molar-refractivity contribution in [3.63, 3.8) is 0 Å². The van der Waals surface area contributed by atoms with E-state index < -0.39 is 5.41 Å². The van der Waals surface area contributed by atoms with Crippen LogP contribution in [0.3, 0.4) is 0 Å². The van der Waals surface area contributed by atoms with Crippen molar-refractivity contribution in [2.45, 2.75) is 70.3 Å². The molecule has 2 fully saturated rings. The molecule has 3 heteroatoms. The lowest BCUT2D eigenvalue weighted by Crippen LogP contribution is -2.57. The van der Waals surface area contributed by atoms with Crippen molar-refractivity contribution in [3.05, 3.63) is 0 Å². The molecule has 0 aromatic rings. The van der Waals surface area contributed by atoms with Gasteiger partial charge in [-0.15, -0.1) is 0 Å². The van der Waals surface area contributed by atoms with Crippen LogP contribution in [0, 0.1) is 16.7 Å². The SMILES string of the molecule is CCC1(NC(=O)C2(C#N)CCCCC2)CCC1. The molecule has 0 aromatic heterocycles. The summed E-state index contributed by atoms with van der Waals surface area (Å²) in [5.74, 6) is 0.00116. The average molecular weight is 234 g/mol. The van der Waals surface area contributed by atoms with Gasteiger partial charge in [-0.3, -0.25) is 4.79 Å². The second-order valence-corrected chi connectivity index (χ2v) is 5.70. The molecule has 2 aliphatic carbocycles. The Morgan fingerprint density at radius 2 is 1.82 bits per heavy atom. The topological polar surface area (TPSA) is 52.9 Å². The Balaban J connectivity index is 2.05. The van der Waals surface area contributed by atoms with E-state index in [9.17, 15) is 10.1 Å². The van der Waals surface area contributed by atoms with Gasteiger partial charge in [-0.2, -0.15) is 5.26 Å². The number of hydrogen-bond acceptors (Lipinski definition) is 2. The molecule has 0 radical (unpaired) electrons. The maximum Gasteiger partial charge on any atom is 0.240 e. The number of carbonyl (C=O) groups excluding carboxylic acids is 1. The number of amides is 1. The summed E-state index contributed by atoms with van der Waals surface area (Å²) in [4.78, 5) is 12.4. The Morgan fingerprint density at radius 1 is 1.18 bits per heavy atom. The lowest BCUT2D eigenvalue weighted by atomic mass is 9.71. The normalized spacial score (nSPS) is 25.4. The molecule has 0 aliphatic heterocycles. The van der Waals surface area contributed by atoms with Gasteiger partial charge in [0, 0.05) is 5.54 Å². The first-order chi connectivity index (χ1) is 8.16. The number of hydrogen-bond donors (Lipinski definition) is 1. The van der Waals surface area contributed by atoms with Crippen LogP contribution in [0.2, 0.25) is 0 Å². The van der Waals surface area contributed by atoms with Gasteiger partial charge in [0.05, 0.1) is 6.07 Å². The Kier molecular flexibility index (Phi) is 3.42. The fourth-order valence-electron chi connectivity index (χ4n) is 3.08. The summed E-state index contributed by atoms with van der Waals surface area (Å²) in [6.45, 7) is 2.12. The summed E-state index contributed by atoms with van der Waals surface area (Å²) in [5.41, 5.74) is -0.714. The summed E-state index contributed by atoms with van der Waals surface area (Å²) in [6, 6.07) is 2.30. The highest BCUT2D eigenvalue weighted by Crippen LogP contribution is 2.39. The minimum Gasteiger partial charge on any atom is -0.349 e. The van der Waals surface area contributed by atoms with E-state index in [2.05, 4.69) is 18.3 Å². The first-order valence-electron chi connectivity index (χ1n) is 6.90. The number of nitrogens with one attached hydrogen (secondary N) is 1. The molecule has 0 atom stereocenters. The highest BCUT2D eigenvalue weighted by molar-refractivity contribution is 5.86. The molecule has 0 heterocycles. The van der Waals surface area contributed by atoms with Crippen molar-refractivity contribution in [3.8, 4) is 6.07 Å². The maximum absolute atomic E-state index is 12.4. The molecule has 2 saturated carbocycles. The van der Waals surface area contributed by atoms with Crippen molar-refractivity contribution in [1.29, 1.82) is 5.26 Å². The summed E-state index contributed by atoms with van der Waals surface area (Å²) >= 11 is 0. The van der Waals surface area contributed by atoms with Crippen LogP contribution in [-0.4, -0.2) is 11.4 Å². The first kappa shape index (κ1) is 12.4. The van der Waals surface area contributed by atoms with Crippen molar-refractivity contribution in [1.82, 2.24) is 5.32 Å². The van der Waals surface area contributed by atoms with Crippen LogP contribution < -0.4 is 5.32 Å². The largest absolute Gasteiger partial charge is 0.349 e. The van der Waals surface area contributed by atoms with E-state index in [1.807, 2.05) is 0 Å². The van der Waals surface area contributed by atoms with Crippen LogP contribution in [0.5, 0.6) is 0 Å². The maximum atomic E-state index is 12.4. The summed E-state index contributed by atoms with van der Waals surface area (Å²) in [7, 11) is 0. The Hall–Kier alpha value is -1.04. The van der Waals surface area contributed by atoms with Crippen LogP contribution in [0.15, 0.2) is 0 Å². The Labute approximate surface area is 104 Å². The molecule has 0 spiro atoms. The zero-order chi connectivity index (χ0) is 12.4. The van der Waals surface area contributed by atoms with Gasteiger partial charge in [0.25, 0.3) is 0 Å². The number of rotatable bonds is 3. The van der Waals surface area contributed by atoms with Gasteiger partial charge in [-0.25, -0.2) is 0 Å². The third-order valence-corrected chi connectivity index (χ3v) is 4.72. The van der Waals surface area contributed by atoms with Crippen molar-refractivity contribution in [2.75, 3.05) is 0 Å². The van der Waals surface area contributed by atoms with Crippen molar-refractivity contribution < 1.29 is 4.79 Å². The lowest BCUT2D eigenvalue weighted by molar-refractivity contribution is -0.132.